The quantitative estimate of drug-likeness (QED) is 0.0262. The van der Waals surface area contributed by atoms with Gasteiger partial charge in [0.05, 0.1) is 0 Å². The number of ether oxygens (including phenoxy) is 3. The van der Waals surface area contributed by atoms with Gasteiger partial charge in [0.2, 0.25) is 0 Å². The molecule has 6 heteroatoms. The SMILES string of the molecule is CCCCCCCCCC/C=C\CCCCCCCCCCCCCCCCCC(=O)OCC(COC(=O)CCCCCCCCC)OC(=O)CCCCCCCCCCCC. The van der Waals surface area contributed by atoms with Crippen LogP contribution in [0.1, 0.15) is 310 Å². The van der Waals surface area contributed by atoms with E-state index < -0.39 is 6.10 Å². The lowest BCUT2D eigenvalue weighted by atomic mass is 10.0. The molecule has 366 valence electrons. The molecule has 0 saturated carbocycles. The van der Waals surface area contributed by atoms with Gasteiger partial charge in [-0.2, -0.15) is 0 Å². The summed E-state index contributed by atoms with van der Waals surface area (Å²) in [5.41, 5.74) is 0. The van der Waals surface area contributed by atoms with Crippen LogP contribution in [0, 0.1) is 0 Å². The highest BCUT2D eigenvalue weighted by Crippen LogP contribution is 2.17. The second-order valence-corrected chi connectivity index (χ2v) is 18.9. The minimum atomic E-state index is -0.760. The molecule has 0 rings (SSSR count). The molecule has 0 aliphatic carbocycles. The van der Waals surface area contributed by atoms with Gasteiger partial charge < -0.3 is 14.2 Å². The van der Waals surface area contributed by atoms with Crippen molar-refractivity contribution in [2.75, 3.05) is 13.2 Å². The van der Waals surface area contributed by atoms with Crippen molar-refractivity contribution in [3.8, 4) is 0 Å². The zero-order valence-corrected chi connectivity index (χ0v) is 41.9. The van der Waals surface area contributed by atoms with E-state index in [9.17, 15) is 14.4 Å². The maximum atomic E-state index is 12.7. The Kier molecular flexibility index (Phi) is 50.2. The number of rotatable bonds is 51. The summed E-state index contributed by atoms with van der Waals surface area (Å²) in [5, 5.41) is 0. The van der Waals surface area contributed by atoms with E-state index >= 15 is 0 Å². The lowest BCUT2D eigenvalue weighted by molar-refractivity contribution is -0.167. The van der Waals surface area contributed by atoms with Crippen LogP contribution in [0.5, 0.6) is 0 Å². The molecule has 0 N–H and O–H groups in total. The van der Waals surface area contributed by atoms with Crippen molar-refractivity contribution < 1.29 is 28.6 Å². The number of carbonyl (C=O) groups excluding carboxylic acids is 3. The van der Waals surface area contributed by atoms with Crippen molar-refractivity contribution in [1.29, 1.82) is 0 Å². The molecule has 0 spiro atoms. The molecule has 0 aliphatic heterocycles. The number of allylic oxidation sites excluding steroid dienone is 2. The van der Waals surface area contributed by atoms with Gasteiger partial charge in [0.25, 0.3) is 0 Å². The van der Waals surface area contributed by atoms with Crippen molar-refractivity contribution in [3.63, 3.8) is 0 Å². The molecule has 0 aliphatic rings. The van der Waals surface area contributed by atoms with E-state index in [1.54, 1.807) is 0 Å². The Hall–Kier alpha value is -1.85. The summed E-state index contributed by atoms with van der Waals surface area (Å²) >= 11 is 0. The molecule has 0 aromatic heterocycles. The van der Waals surface area contributed by atoms with Crippen LogP contribution in [0.4, 0.5) is 0 Å². The van der Waals surface area contributed by atoms with Crippen LogP contribution in [0.2, 0.25) is 0 Å². The Morgan fingerprint density at radius 3 is 0.806 bits per heavy atom. The van der Waals surface area contributed by atoms with Crippen molar-refractivity contribution in [2.24, 2.45) is 0 Å². The van der Waals surface area contributed by atoms with Crippen LogP contribution in [0.25, 0.3) is 0 Å². The first-order valence-corrected chi connectivity index (χ1v) is 27.7. The summed E-state index contributed by atoms with van der Waals surface area (Å²) < 4.78 is 16.7. The molecule has 6 nitrogen and oxygen atoms in total. The summed E-state index contributed by atoms with van der Waals surface area (Å²) in [5.74, 6) is -0.857. The van der Waals surface area contributed by atoms with Gasteiger partial charge in [-0.25, -0.2) is 0 Å². The predicted octanol–water partition coefficient (Wildman–Crippen LogP) is 18.2. The standard InChI is InChI=1S/C56H106O6/c1-4-7-10-13-16-18-20-21-22-23-24-25-26-27-28-29-30-31-32-33-34-35-36-38-40-43-46-49-55(58)61-52-53(51-60-54(57)48-45-42-39-15-12-9-6-3)62-56(59)50-47-44-41-37-19-17-14-11-8-5-2/h23-24,53H,4-22,25-52H2,1-3H3/b24-23-. The first-order valence-electron chi connectivity index (χ1n) is 27.7. The van der Waals surface area contributed by atoms with Gasteiger partial charge in [0.15, 0.2) is 6.10 Å². The minimum Gasteiger partial charge on any atom is -0.462 e. The second-order valence-electron chi connectivity index (χ2n) is 18.9. The Morgan fingerprint density at radius 2 is 0.532 bits per heavy atom. The monoisotopic (exact) mass is 875 g/mol. The first-order chi connectivity index (χ1) is 30.5. The average Bonchev–Trinajstić information content (AvgIpc) is 3.27. The zero-order valence-electron chi connectivity index (χ0n) is 41.9. The average molecular weight is 875 g/mol. The van der Waals surface area contributed by atoms with Crippen LogP contribution >= 0.6 is 0 Å². The summed E-state index contributed by atoms with van der Waals surface area (Å²) in [4.78, 5) is 37.7. The Balaban J connectivity index is 3.98. The van der Waals surface area contributed by atoms with Crippen molar-refractivity contribution in [1.82, 2.24) is 0 Å². The Morgan fingerprint density at radius 1 is 0.306 bits per heavy atom. The lowest BCUT2D eigenvalue weighted by Crippen LogP contribution is -2.30. The minimum absolute atomic E-state index is 0.0648. The molecule has 0 heterocycles. The summed E-state index contributed by atoms with van der Waals surface area (Å²) in [6, 6.07) is 0. The van der Waals surface area contributed by atoms with Crippen molar-refractivity contribution in [2.45, 2.75) is 316 Å². The van der Waals surface area contributed by atoms with E-state index in [4.69, 9.17) is 14.2 Å². The van der Waals surface area contributed by atoms with E-state index in [1.807, 2.05) is 0 Å². The Labute approximate surface area is 386 Å². The summed E-state index contributed by atoms with van der Waals surface area (Å²) in [6.45, 7) is 6.62. The van der Waals surface area contributed by atoms with Crippen LogP contribution < -0.4 is 0 Å². The second kappa shape index (κ2) is 51.8. The molecular weight excluding hydrogens is 769 g/mol. The van der Waals surface area contributed by atoms with Crippen LogP contribution in [0.15, 0.2) is 12.2 Å². The van der Waals surface area contributed by atoms with E-state index in [1.165, 1.54) is 212 Å². The highest BCUT2D eigenvalue weighted by atomic mass is 16.6. The third-order valence-corrected chi connectivity index (χ3v) is 12.5. The number of hydrogen-bond donors (Lipinski definition) is 0. The van der Waals surface area contributed by atoms with Crippen LogP contribution in [0.3, 0.4) is 0 Å². The molecule has 1 unspecified atom stereocenters. The molecular formula is C56H106O6. The first kappa shape index (κ1) is 60.2. The topological polar surface area (TPSA) is 78.9 Å². The van der Waals surface area contributed by atoms with E-state index in [0.29, 0.717) is 19.3 Å². The molecule has 0 bridgehead atoms. The molecule has 62 heavy (non-hydrogen) atoms. The molecule has 0 aromatic rings. The lowest BCUT2D eigenvalue weighted by Gasteiger charge is -2.18. The molecule has 0 saturated heterocycles. The highest BCUT2D eigenvalue weighted by molar-refractivity contribution is 5.71. The van der Waals surface area contributed by atoms with E-state index in [-0.39, 0.29) is 31.1 Å². The smallest absolute Gasteiger partial charge is 0.306 e. The summed E-state index contributed by atoms with van der Waals surface area (Å²) in [7, 11) is 0. The molecule has 0 radical (unpaired) electrons. The van der Waals surface area contributed by atoms with E-state index in [2.05, 4.69) is 32.9 Å². The largest absolute Gasteiger partial charge is 0.462 e. The van der Waals surface area contributed by atoms with Gasteiger partial charge >= 0.3 is 17.9 Å². The zero-order chi connectivity index (χ0) is 45.1. The molecule has 0 aromatic carbocycles. The van der Waals surface area contributed by atoms with Gasteiger partial charge in [-0.1, -0.05) is 258 Å². The molecule has 1 atom stereocenters. The summed E-state index contributed by atoms with van der Waals surface area (Å²) in [6.07, 6.45) is 58.1. The Bertz CT molecular complexity index is 962. The molecule has 0 amide bonds. The van der Waals surface area contributed by atoms with Gasteiger partial charge in [-0.05, 0) is 44.9 Å². The number of carbonyl (C=O) groups is 3. The third kappa shape index (κ3) is 49.2. The van der Waals surface area contributed by atoms with Gasteiger partial charge in [0, 0.05) is 19.3 Å². The van der Waals surface area contributed by atoms with Crippen LogP contribution in [-0.2, 0) is 28.6 Å². The fourth-order valence-corrected chi connectivity index (χ4v) is 8.32. The van der Waals surface area contributed by atoms with Crippen molar-refractivity contribution in [3.05, 3.63) is 12.2 Å². The normalized spacial score (nSPS) is 12.0. The molecule has 0 fully saturated rings. The predicted molar refractivity (Wildman–Crippen MR) is 266 cm³/mol. The third-order valence-electron chi connectivity index (χ3n) is 12.5. The maximum Gasteiger partial charge on any atom is 0.306 e. The highest BCUT2D eigenvalue weighted by Gasteiger charge is 2.19. The maximum absolute atomic E-state index is 12.7. The van der Waals surface area contributed by atoms with Gasteiger partial charge in [-0.3, -0.25) is 14.4 Å². The van der Waals surface area contributed by atoms with Crippen LogP contribution in [-0.4, -0.2) is 37.2 Å². The number of esters is 3. The van der Waals surface area contributed by atoms with E-state index in [0.717, 1.165) is 57.8 Å². The van der Waals surface area contributed by atoms with Gasteiger partial charge in [-0.15, -0.1) is 0 Å². The number of unbranched alkanes of at least 4 members (excludes halogenated alkanes) is 38. The van der Waals surface area contributed by atoms with Gasteiger partial charge in [0.1, 0.15) is 13.2 Å². The van der Waals surface area contributed by atoms with Crippen molar-refractivity contribution >= 4 is 17.9 Å². The fraction of sp³-hybridized carbons (Fsp3) is 0.911. The fourth-order valence-electron chi connectivity index (χ4n) is 8.32. The number of hydrogen-bond acceptors (Lipinski definition) is 6.